The number of benzene rings is 21. The molecule has 0 aliphatic carbocycles. The molecule has 0 N–H and O–H groups in total. The van der Waals surface area contributed by atoms with Crippen LogP contribution in [0.15, 0.2) is 443 Å². The molecule has 4 heterocycles. The number of fused-ring (bicyclic) bond motifs is 12. The van der Waals surface area contributed by atoms with Gasteiger partial charge in [0.1, 0.15) is 46.0 Å². The molecule has 4 aliphatic heterocycles. The fourth-order valence-corrected chi connectivity index (χ4v) is 23.0. The maximum atomic E-state index is 10.7. The highest BCUT2D eigenvalue weighted by Gasteiger charge is 2.46. The third-order valence-corrected chi connectivity index (χ3v) is 31.3. The number of rotatable bonds is 16. The fourth-order valence-electron chi connectivity index (χ4n) is 23.0. The molecule has 0 bridgehead atoms. The fraction of sp³-hybridized carbons (Fsp3) is 0.112. The first-order valence-electron chi connectivity index (χ1n) is 49.2. The van der Waals surface area contributed by atoms with Gasteiger partial charge in [-0.2, -0.15) is 5.26 Å². The van der Waals surface area contributed by atoms with E-state index in [4.69, 9.17) is 18.9 Å². The first kappa shape index (κ1) is 87.3. The van der Waals surface area contributed by atoms with E-state index < -0.39 is 0 Å². The minimum Gasteiger partial charge on any atom is -0.458 e. The minimum atomic E-state index is -0.337. The first-order chi connectivity index (χ1) is 68.6. The van der Waals surface area contributed by atoms with E-state index in [1.807, 2.05) is 12.1 Å². The molecule has 5 nitrogen and oxygen atoms in total. The second-order valence-corrected chi connectivity index (χ2v) is 41.1. The second kappa shape index (κ2) is 34.3. The van der Waals surface area contributed by atoms with Gasteiger partial charge in [0.05, 0.1) is 11.6 Å². The number of hydrogen-bond acceptors (Lipinski definition) is 5. The van der Waals surface area contributed by atoms with Gasteiger partial charge in [-0.15, -0.1) is 0 Å². The van der Waals surface area contributed by atoms with E-state index in [1.54, 1.807) is 0 Å². The highest BCUT2D eigenvalue weighted by atomic mass is 16.5. The molecule has 25 rings (SSSR count). The van der Waals surface area contributed by atoms with Crippen LogP contribution in [0.2, 0.25) is 0 Å². The number of nitriles is 1. The molecular weight excluding hydrogens is 1710 g/mol. The topological polar surface area (TPSA) is 60.7 Å². The van der Waals surface area contributed by atoms with Gasteiger partial charge in [-0.05, 0) is 260 Å². The van der Waals surface area contributed by atoms with Crippen LogP contribution in [0.1, 0.15) is 130 Å². The largest absolute Gasteiger partial charge is 0.458 e. The van der Waals surface area contributed by atoms with E-state index >= 15 is 0 Å². The Balaban J connectivity index is 0.000000153. The molecule has 21 aromatic carbocycles. The summed E-state index contributed by atoms with van der Waals surface area (Å²) in [6.45, 7) is 22.9. The molecular formula is C134H103B2NO4. The molecule has 674 valence electrons. The Morgan fingerprint density at radius 1 is 0.177 bits per heavy atom. The van der Waals surface area contributed by atoms with Crippen LogP contribution in [0.3, 0.4) is 0 Å². The molecule has 0 saturated heterocycles. The van der Waals surface area contributed by atoms with Crippen molar-refractivity contribution in [1.82, 2.24) is 0 Å². The van der Waals surface area contributed by atoms with Crippen molar-refractivity contribution in [2.75, 3.05) is 0 Å². The molecule has 4 aliphatic rings. The Bertz CT molecular complexity index is 8260. The van der Waals surface area contributed by atoms with Crippen molar-refractivity contribution in [2.45, 2.75) is 96.3 Å². The average molecular weight is 1810 g/mol. The van der Waals surface area contributed by atoms with E-state index in [1.165, 1.54) is 116 Å². The first-order valence-corrected chi connectivity index (χ1v) is 49.2. The molecule has 0 fully saturated rings. The lowest BCUT2D eigenvalue weighted by molar-refractivity contribution is 0.463. The van der Waals surface area contributed by atoms with E-state index in [-0.39, 0.29) is 40.5 Å². The standard InChI is InChI=1S/C71H57BO2.C63H46BNO2/c1-69(2,50-25-13-8-14-26-50)53-35-37-62-60(44-53)72-61-45-54(70(3,4)51-27-15-9-16-28-51)36-38-63(61)74-65-43-48(42-64(73-62)68(65)72)47-39-49(41-55(40-47)71(5,6)52-29-17-10-18-30-52)67-58-33-21-19-31-56(58)66(46-23-11-7-12-24-46)57-32-20-22-34-59(57)67;1-62(2,45-20-10-6-11-21-45)47-28-30-55-53(37-47)64-54-38-48(63(3,4)46-22-12-7-13-23-46)29-31-56(54)67-58-36-43(35-57(66-55)61(58)64)42-32-40(39-65)33-44(34-42)60-51-26-16-14-24-49(51)59(41-18-8-5-9-19-41)50-25-15-17-27-52(50)60/h7-45H,1-6H3;5-38H,1-4H3. The van der Waals surface area contributed by atoms with Gasteiger partial charge in [-0.1, -0.05) is 439 Å². The summed E-state index contributed by atoms with van der Waals surface area (Å²) in [6.07, 6.45) is 0. The Morgan fingerprint density at radius 3 is 0.645 bits per heavy atom. The summed E-state index contributed by atoms with van der Waals surface area (Å²) >= 11 is 0. The summed E-state index contributed by atoms with van der Waals surface area (Å²) < 4.78 is 28.5. The molecule has 21 aromatic rings. The van der Waals surface area contributed by atoms with Crippen molar-refractivity contribution in [1.29, 1.82) is 5.26 Å². The Morgan fingerprint density at radius 2 is 0.383 bits per heavy atom. The highest BCUT2D eigenvalue weighted by molar-refractivity contribution is 6.99. The number of hydrogen-bond donors (Lipinski definition) is 0. The third-order valence-electron chi connectivity index (χ3n) is 31.3. The van der Waals surface area contributed by atoms with Gasteiger partial charge < -0.3 is 18.9 Å². The third kappa shape index (κ3) is 14.9. The molecule has 141 heavy (non-hydrogen) atoms. The van der Waals surface area contributed by atoms with Crippen LogP contribution in [0.4, 0.5) is 0 Å². The summed E-state index contributed by atoms with van der Waals surface area (Å²) in [4.78, 5) is 0. The maximum absolute atomic E-state index is 10.7. The Labute approximate surface area is 826 Å². The average Bonchev–Trinajstić information content (AvgIpc) is 0.717. The van der Waals surface area contributed by atoms with Gasteiger partial charge in [0.25, 0.3) is 13.4 Å². The summed E-state index contributed by atoms with van der Waals surface area (Å²) in [6, 6.07) is 163. The molecule has 0 saturated carbocycles. The van der Waals surface area contributed by atoms with Crippen molar-refractivity contribution in [3.63, 3.8) is 0 Å². The molecule has 0 radical (unpaired) electrons. The quantitative estimate of drug-likeness (QED) is 0.0713. The van der Waals surface area contributed by atoms with Gasteiger partial charge in [-0.3, -0.25) is 0 Å². The zero-order valence-corrected chi connectivity index (χ0v) is 80.9. The van der Waals surface area contributed by atoms with Crippen molar-refractivity contribution >= 4 is 89.3 Å². The molecule has 7 heteroatoms. The van der Waals surface area contributed by atoms with Gasteiger partial charge in [-0.25, -0.2) is 0 Å². The zero-order chi connectivity index (χ0) is 95.8. The lowest BCUT2D eigenvalue weighted by Crippen LogP contribution is -2.57. The van der Waals surface area contributed by atoms with Crippen molar-refractivity contribution in [2.24, 2.45) is 0 Å². The van der Waals surface area contributed by atoms with Crippen molar-refractivity contribution in [3.8, 4) is 119 Å². The van der Waals surface area contributed by atoms with Crippen LogP contribution in [0, 0.1) is 11.3 Å². The van der Waals surface area contributed by atoms with Crippen LogP contribution >= 0.6 is 0 Å². The van der Waals surface area contributed by atoms with Crippen LogP contribution < -0.4 is 51.7 Å². The monoisotopic (exact) mass is 1810 g/mol. The van der Waals surface area contributed by atoms with Crippen molar-refractivity contribution < 1.29 is 18.9 Å². The lowest BCUT2D eigenvalue weighted by Gasteiger charge is -2.36. The normalized spacial score (nSPS) is 12.8. The Hall–Kier alpha value is -16.5. The Kier molecular flexibility index (Phi) is 21.2. The second-order valence-electron chi connectivity index (χ2n) is 41.1. The predicted molar refractivity (Wildman–Crippen MR) is 588 cm³/mol. The molecule has 0 spiro atoms. The number of nitrogens with zero attached hydrogens (tertiary/aromatic N) is 1. The zero-order valence-electron chi connectivity index (χ0n) is 80.9. The number of ether oxygens (including phenoxy) is 4. The smallest absolute Gasteiger partial charge is 0.260 e. The predicted octanol–water partition coefficient (Wildman–Crippen LogP) is 30.9. The lowest BCUT2D eigenvalue weighted by atomic mass is 9.34. The molecule has 0 unspecified atom stereocenters. The molecule has 0 aromatic heterocycles. The van der Waals surface area contributed by atoms with Gasteiger partial charge in [0.15, 0.2) is 0 Å². The van der Waals surface area contributed by atoms with Crippen LogP contribution in [0.25, 0.3) is 110 Å². The van der Waals surface area contributed by atoms with Gasteiger partial charge in [0, 0.05) is 38.0 Å². The SMILES string of the molecule is CC(C)(c1ccccc1)c1cc(-c2cc3c4c(c2)Oc2ccc(C(C)(C)c5ccccc5)cc2B4c2cc(C(C)(C)c4ccccc4)ccc2O3)cc(-c2c3ccccc3c(-c3ccccc3)c3ccccc23)c1.CC(C)(c1ccccc1)c1ccc2c(c1)B1c3cc(C(C)(C)c4ccccc4)ccc3Oc3cc(-c4cc(C#N)cc(-c5c6ccccc6c(-c6ccccc6)c6ccccc56)c4)cc(c31)O2. The van der Waals surface area contributed by atoms with Crippen LogP contribution in [-0.2, 0) is 27.1 Å². The minimum absolute atomic E-state index is 0.126. The molecule has 0 amide bonds. The van der Waals surface area contributed by atoms with E-state index in [0.29, 0.717) is 5.56 Å². The van der Waals surface area contributed by atoms with Crippen LogP contribution in [0.5, 0.6) is 46.0 Å². The maximum Gasteiger partial charge on any atom is 0.260 e. The van der Waals surface area contributed by atoms with Gasteiger partial charge >= 0.3 is 0 Å². The summed E-state index contributed by atoms with van der Waals surface area (Å²) in [5, 5.41) is 20.2. The van der Waals surface area contributed by atoms with E-state index in [2.05, 4.69) is 506 Å². The van der Waals surface area contributed by atoms with E-state index in [0.717, 1.165) is 128 Å². The summed E-state index contributed by atoms with van der Waals surface area (Å²) in [7, 11) is 0. The summed E-state index contributed by atoms with van der Waals surface area (Å²) in [5.74, 6) is 6.55. The van der Waals surface area contributed by atoms with Gasteiger partial charge in [0.2, 0.25) is 0 Å². The van der Waals surface area contributed by atoms with Crippen molar-refractivity contribution in [3.05, 3.63) is 504 Å². The van der Waals surface area contributed by atoms with Crippen LogP contribution in [-0.4, -0.2) is 13.4 Å². The summed E-state index contributed by atoms with van der Waals surface area (Å²) in [5.41, 5.74) is 31.6. The highest BCUT2D eigenvalue weighted by Crippen LogP contribution is 2.52. The van der Waals surface area contributed by atoms with E-state index in [9.17, 15) is 5.26 Å². The molecule has 0 atom stereocenters.